The average molecular weight is 409 g/mol. The lowest BCUT2D eigenvalue weighted by atomic mass is 10.1. The van der Waals surface area contributed by atoms with Gasteiger partial charge in [0.15, 0.2) is 33.9 Å². The summed E-state index contributed by atoms with van der Waals surface area (Å²) in [4.78, 5) is 12.4. The second-order valence-electron chi connectivity index (χ2n) is 6.29. The minimum absolute atomic E-state index is 0.00989. The van der Waals surface area contributed by atoms with Crippen molar-refractivity contribution in [1.29, 1.82) is 0 Å². The zero-order valence-electron chi connectivity index (χ0n) is 16.2. The van der Waals surface area contributed by atoms with Crippen LogP contribution in [-0.2, 0) is 7.05 Å². The fourth-order valence-electron chi connectivity index (χ4n) is 2.95. The molecule has 148 valence electrons. The number of fused-ring (bicyclic) bond motifs is 1. The summed E-state index contributed by atoms with van der Waals surface area (Å²) in [7, 11) is 5.05. The number of thioether (sulfide) groups is 1. The fraction of sp³-hybridized carbons (Fsp3) is 0.190. The van der Waals surface area contributed by atoms with Gasteiger partial charge in [0.25, 0.3) is 0 Å². The molecule has 0 saturated heterocycles. The lowest BCUT2D eigenvalue weighted by Crippen LogP contribution is -2.04. The first-order valence-electron chi connectivity index (χ1n) is 8.87. The van der Waals surface area contributed by atoms with Crippen LogP contribution in [0.15, 0.2) is 58.1 Å². The molecule has 7 nitrogen and oxygen atoms in total. The zero-order valence-corrected chi connectivity index (χ0v) is 17.0. The van der Waals surface area contributed by atoms with Crippen molar-refractivity contribution in [2.75, 3.05) is 20.0 Å². The molecule has 0 unspecified atom stereocenters. The van der Waals surface area contributed by atoms with Crippen LogP contribution in [-0.4, -0.2) is 40.5 Å². The Morgan fingerprint density at radius 2 is 1.90 bits per heavy atom. The van der Waals surface area contributed by atoms with E-state index in [9.17, 15) is 4.79 Å². The number of Topliss-reactive ketones (excluding diaryl/α,β-unsaturated/α-hetero) is 1. The Morgan fingerprint density at radius 3 is 2.62 bits per heavy atom. The molecule has 2 aromatic heterocycles. The Bertz CT molecular complexity index is 1160. The van der Waals surface area contributed by atoms with Crippen LogP contribution in [0.1, 0.15) is 10.4 Å². The van der Waals surface area contributed by atoms with Crippen molar-refractivity contribution in [3.63, 3.8) is 0 Å². The van der Waals surface area contributed by atoms with Gasteiger partial charge in [0.05, 0.1) is 20.0 Å². The number of ketones is 1. The molecule has 4 aromatic rings. The number of carbonyl (C=O) groups is 1. The normalized spacial score (nSPS) is 11.0. The predicted octanol–water partition coefficient (Wildman–Crippen LogP) is 4.22. The molecule has 0 fully saturated rings. The van der Waals surface area contributed by atoms with Gasteiger partial charge in [-0.05, 0) is 36.4 Å². The molecule has 0 radical (unpaired) electrons. The minimum Gasteiger partial charge on any atom is -0.497 e. The molecule has 0 aliphatic heterocycles. The number of ether oxygens (including phenoxy) is 2. The van der Waals surface area contributed by atoms with E-state index in [2.05, 4.69) is 10.2 Å². The highest BCUT2D eigenvalue weighted by molar-refractivity contribution is 7.99. The summed E-state index contributed by atoms with van der Waals surface area (Å²) in [6, 6.07) is 14.7. The van der Waals surface area contributed by atoms with E-state index in [1.807, 2.05) is 35.9 Å². The number of furan rings is 1. The molecule has 0 spiro atoms. The second kappa shape index (κ2) is 8.00. The monoisotopic (exact) mass is 409 g/mol. The van der Waals surface area contributed by atoms with Crippen molar-refractivity contribution in [3.05, 3.63) is 54.1 Å². The van der Waals surface area contributed by atoms with Crippen molar-refractivity contribution in [1.82, 2.24) is 14.8 Å². The Balaban J connectivity index is 1.52. The lowest BCUT2D eigenvalue weighted by Gasteiger charge is -2.04. The topological polar surface area (TPSA) is 79.4 Å². The zero-order chi connectivity index (χ0) is 20.4. The number of rotatable bonds is 7. The Kier molecular flexibility index (Phi) is 5.26. The van der Waals surface area contributed by atoms with Crippen LogP contribution in [0.5, 0.6) is 11.5 Å². The van der Waals surface area contributed by atoms with Crippen molar-refractivity contribution in [2.24, 2.45) is 7.05 Å². The molecule has 0 atom stereocenters. The maximum Gasteiger partial charge on any atom is 0.200 e. The summed E-state index contributed by atoms with van der Waals surface area (Å²) in [5, 5.41) is 10.0. The molecule has 0 saturated carbocycles. The van der Waals surface area contributed by atoms with Crippen LogP contribution in [0, 0.1) is 0 Å². The summed E-state index contributed by atoms with van der Waals surface area (Å²) in [6.45, 7) is 0. The SMILES string of the molecule is COc1ccc(C(=O)CSc2nnc(-c3cc4cccc(OC)c4o3)n2C)cc1. The highest BCUT2D eigenvalue weighted by Gasteiger charge is 2.18. The quantitative estimate of drug-likeness (QED) is 0.334. The highest BCUT2D eigenvalue weighted by atomic mass is 32.2. The van der Waals surface area contributed by atoms with Crippen LogP contribution in [0.4, 0.5) is 0 Å². The van der Waals surface area contributed by atoms with Crippen LogP contribution >= 0.6 is 11.8 Å². The third-order valence-electron chi connectivity index (χ3n) is 4.53. The van der Waals surface area contributed by atoms with E-state index in [1.165, 1.54) is 11.8 Å². The number of hydrogen-bond acceptors (Lipinski definition) is 7. The third-order valence-corrected chi connectivity index (χ3v) is 5.55. The molecule has 29 heavy (non-hydrogen) atoms. The highest BCUT2D eigenvalue weighted by Crippen LogP contribution is 2.33. The number of benzene rings is 2. The van der Waals surface area contributed by atoms with Gasteiger partial charge in [0, 0.05) is 18.0 Å². The minimum atomic E-state index is 0.00989. The molecule has 0 amide bonds. The fourth-order valence-corrected chi connectivity index (χ4v) is 3.76. The van der Waals surface area contributed by atoms with Gasteiger partial charge < -0.3 is 18.5 Å². The van der Waals surface area contributed by atoms with Gasteiger partial charge in [-0.25, -0.2) is 0 Å². The van der Waals surface area contributed by atoms with Gasteiger partial charge in [-0.1, -0.05) is 23.9 Å². The molecule has 4 rings (SSSR count). The maximum absolute atomic E-state index is 12.4. The van der Waals surface area contributed by atoms with E-state index in [0.29, 0.717) is 33.6 Å². The summed E-state index contributed by atoms with van der Waals surface area (Å²) in [5.41, 5.74) is 1.29. The number of aromatic nitrogens is 3. The van der Waals surface area contributed by atoms with E-state index < -0.39 is 0 Å². The van der Waals surface area contributed by atoms with Gasteiger partial charge in [-0.15, -0.1) is 10.2 Å². The van der Waals surface area contributed by atoms with E-state index in [4.69, 9.17) is 13.9 Å². The molecular weight excluding hydrogens is 390 g/mol. The van der Waals surface area contributed by atoms with Crippen molar-refractivity contribution in [2.45, 2.75) is 5.16 Å². The van der Waals surface area contributed by atoms with Crippen LogP contribution in [0.2, 0.25) is 0 Å². The Labute approximate surface area is 171 Å². The van der Waals surface area contributed by atoms with Gasteiger partial charge >= 0.3 is 0 Å². The first kappa shape index (κ1) is 19.1. The van der Waals surface area contributed by atoms with Crippen LogP contribution in [0.25, 0.3) is 22.6 Å². The second-order valence-corrected chi connectivity index (χ2v) is 7.24. The first-order valence-corrected chi connectivity index (χ1v) is 9.85. The van der Waals surface area contributed by atoms with Crippen molar-refractivity contribution in [3.8, 4) is 23.1 Å². The third kappa shape index (κ3) is 3.71. The van der Waals surface area contributed by atoms with E-state index in [1.54, 1.807) is 38.5 Å². The number of nitrogens with zero attached hydrogens (tertiary/aromatic N) is 3. The number of carbonyl (C=O) groups excluding carboxylic acids is 1. The Hall–Kier alpha value is -3.26. The van der Waals surface area contributed by atoms with E-state index in [0.717, 1.165) is 11.1 Å². The van der Waals surface area contributed by atoms with Crippen molar-refractivity contribution < 1.29 is 18.7 Å². The summed E-state index contributed by atoms with van der Waals surface area (Å²) in [6.07, 6.45) is 0. The number of para-hydroxylation sites is 1. The summed E-state index contributed by atoms with van der Waals surface area (Å²) >= 11 is 1.33. The molecule has 0 bridgehead atoms. The van der Waals surface area contributed by atoms with Crippen LogP contribution in [0.3, 0.4) is 0 Å². The predicted molar refractivity (Wildman–Crippen MR) is 111 cm³/mol. The smallest absolute Gasteiger partial charge is 0.200 e. The largest absolute Gasteiger partial charge is 0.497 e. The van der Waals surface area contributed by atoms with Gasteiger partial charge in [-0.2, -0.15) is 0 Å². The van der Waals surface area contributed by atoms with E-state index >= 15 is 0 Å². The van der Waals surface area contributed by atoms with Gasteiger partial charge in [0.1, 0.15) is 5.75 Å². The number of methoxy groups -OCH3 is 2. The summed E-state index contributed by atoms with van der Waals surface area (Å²) in [5.74, 6) is 2.82. The maximum atomic E-state index is 12.4. The van der Waals surface area contributed by atoms with Gasteiger partial charge in [-0.3, -0.25) is 4.79 Å². The lowest BCUT2D eigenvalue weighted by molar-refractivity contribution is 0.102. The standard InChI is InChI=1S/C21H19N3O4S/c1-24-20(18-11-14-5-4-6-17(27-3)19(14)28-18)22-23-21(24)29-12-16(25)13-7-9-15(26-2)10-8-13/h4-11H,12H2,1-3H3. The molecule has 0 N–H and O–H groups in total. The molecule has 2 heterocycles. The summed E-state index contributed by atoms with van der Waals surface area (Å²) < 4.78 is 18.2. The molecule has 2 aromatic carbocycles. The average Bonchev–Trinajstić information content (AvgIpc) is 3.35. The van der Waals surface area contributed by atoms with Crippen LogP contribution < -0.4 is 9.47 Å². The van der Waals surface area contributed by atoms with Gasteiger partial charge in [0.2, 0.25) is 0 Å². The molecule has 8 heteroatoms. The first-order chi connectivity index (χ1) is 14.1. The Morgan fingerprint density at radius 1 is 1.10 bits per heavy atom. The van der Waals surface area contributed by atoms with Crippen molar-refractivity contribution >= 4 is 28.5 Å². The molecule has 0 aliphatic rings. The molecular formula is C21H19N3O4S. The molecule has 0 aliphatic carbocycles. The van der Waals surface area contributed by atoms with E-state index in [-0.39, 0.29) is 11.5 Å². The number of hydrogen-bond donors (Lipinski definition) is 0.